The lowest BCUT2D eigenvalue weighted by atomic mass is 10.0. The lowest BCUT2D eigenvalue weighted by Crippen LogP contribution is -2.45. The lowest BCUT2D eigenvalue weighted by Gasteiger charge is -2.41. The van der Waals surface area contributed by atoms with Crippen LogP contribution in [0, 0.1) is 5.82 Å². The first-order valence-electron chi connectivity index (χ1n) is 13.3. The van der Waals surface area contributed by atoms with Gasteiger partial charge in [-0.3, -0.25) is 4.79 Å². The molecule has 1 heterocycles. The van der Waals surface area contributed by atoms with Crippen molar-refractivity contribution in [3.8, 4) is 5.75 Å². The Balaban J connectivity index is 2.16. The largest absolute Gasteiger partial charge is 0.506 e. The Bertz CT molecular complexity index is 1510. The first kappa shape index (κ1) is 31.8. The highest BCUT2D eigenvalue weighted by Gasteiger charge is 2.41. The van der Waals surface area contributed by atoms with E-state index in [1.165, 1.54) is 29.2 Å². The normalized spacial score (nSPS) is 13.2. The molecule has 1 unspecified atom stereocenters. The Labute approximate surface area is 240 Å². The number of benzene rings is 2. The Morgan fingerprint density at radius 1 is 1.05 bits per heavy atom. The van der Waals surface area contributed by atoms with Crippen LogP contribution in [0.1, 0.15) is 69.1 Å². The van der Waals surface area contributed by atoms with E-state index in [-0.39, 0.29) is 46.1 Å². The molecule has 3 rings (SSSR count). The van der Waals surface area contributed by atoms with Crippen LogP contribution in [0.2, 0.25) is 18.1 Å². The van der Waals surface area contributed by atoms with Crippen LogP contribution in [0.25, 0.3) is 10.9 Å². The number of H-pyrrole nitrogens is 1. The number of phenolic OH excluding ortho intramolecular Hbond substituents is 1. The number of hydrogen-bond donors (Lipinski definition) is 3. The van der Waals surface area contributed by atoms with E-state index in [1.807, 2.05) is 0 Å². The summed E-state index contributed by atoms with van der Waals surface area (Å²) in [5.41, 5.74) is -0.484. The first-order valence-corrected chi connectivity index (χ1v) is 16.2. The Morgan fingerprint density at radius 2 is 1.71 bits per heavy atom. The average Bonchev–Trinajstić information content (AvgIpc) is 2.82. The van der Waals surface area contributed by atoms with Crippen molar-refractivity contribution in [3.63, 3.8) is 0 Å². The van der Waals surface area contributed by atoms with Crippen LogP contribution in [-0.2, 0) is 15.7 Å². The molecule has 0 fully saturated rings. The molecule has 0 saturated heterocycles. The Morgan fingerprint density at radius 3 is 2.27 bits per heavy atom. The number of phenols is 1. The molecule has 1 amide bonds. The summed E-state index contributed by atoms with van der Waals surface area (Å²) in [7, 11) is -2.49. The monoisotopic (exact) mass is 586 g/mol. The second-order valence-electron chi connectivity index (χ2n) is 12.6. The summed E-state index contributed by atoms with van der Waals surface area (Å²) < 4.78 is 27.5. The number of halogens is 1. The molecule has 0 aliphatic heterocycles. The van der Waals surface area contributed by atoms with Gasteiger partial charge in [0.15, 0.2) is 8.32 Å². The number of carboxylic acid groups (broad SMARTS) is 1. The number of aromatic hydroxyl groups is 1. The van der Waals surface area contributed by atoms with Gasteiger partial charge in [0.05, 0.1) is 30.3 Å². The van der Waals surface area contributed by atoms with Crippen molar-refractivity contribution < 1.29 is 33.4 Å². The molecule has 1 aromatic heterocycles. The maximum absolute atomic E-state index is 15.0. The van der Waals surface area contributed by atoms with Crippen LogP contribution < -0.4 is 5.56 Å². The fourth-order valence-electron chi connectivity index (χ4n) is 4.02. The number of fused-ring (bicyclic) bond motifs is 1. The number of carbonyl (C=O) groups is 2. The van der Waals surface area contributed by atoms with Gasteiger partial charge in [0.25, 0.3) is 0 Å². The quantitative estimate of drug-likeness (QED) is 0.255. The Kier molecular flexibility index (Phi) is 9.04. The summed E-state index contributed by atoms with van der Waals surface area (Å²) in [4.78, 5) is 40.8. The minimum Gasteiger partial charge on any atom is -0.506 e. The zero-order valence-corrected chi connectivity index (χ0v) is 25.8. The molecule has 0 saturated carbocycles. The maximum Gasteiger partial charge on any atom is 0.410 e. The number of aromatic carboxylic acids is 1. The van der Waals surface area contributed by atoms with Gasteiger partial charge in [-0.15, -0.1) is 0 Å². The molecule has 0 aliphatic rings. The van der Waals surface area contributed by atoms with Gasteiger partial charge in [-0.2, -0.15) is 0 Å². The van der Waals surface area contributed by atoms with E-state index in [9.17, 15) is 24.6 Å². The molecule has 9 nitrogen and oxygen atoms in total. The topological polar surface area (TPSA) is 129 Å². The standard InChI is InChI=1S/C30H39FN2O7Si/c1-29(2,3)39-28(38)33(16-19-10-9-18(27(36)37)15-22(19)31)17-24(40-41(7,8)30(4,5)6)20-11-13-23(34)26-21(20)12-14-25(35)32-26/h9-15,24,34H,16-17H2,1-8H3,(H,32,35)(H,36,37). The second-order valence-corrected chi connectivity index (χ2v) is 17.4. The third-order valence-electron chi connectivity index (χ3n) is 7.20. The van der Waals surface area contributed by atoms with E-state index < -0.39 is 37.9 Å². The summed E-state index contributed by atoms with van der Waals surface area (Å²) in [5.74, 6) is -2.15. The highest BCUT2D eigenvalue weighted by molar-refractivity contribution is 6.74. The maximum atomic E-state index is 15.0. The van der Waals surface area contributed by atoms with Gasteiger partial charge in [0.2, 0.25) is 5.56 Å². The molecule has 0 radical (unpaired) electrons. The lowest BCUT2D eigenvalue weighted by molar-refractivity contribution is 0.0135. The number of amides is 1. The summed E-state index contributed by atoms with van der Waals surface area (Å²) in [6.07, 6.45) is -1.46. The number of pyridine rings is 1. The number of carboxylic acids is 1. The van der Waals surface area contributed by atoms with Gasteiger partial charge in [-0.05, 0) is 68.7 Å². The van der Waals surface area contributed by atoms with E-state index in [2.05, 4.69) is 38.8 Å². The molecule has 2 aromatic carbocycles. The number of nitrogens with zero attached hydrogens (tertiary/aromatic N) is 1. The number of nitrogens with one attached hydrogen (secondary N) is 1. The van der Waals surface area contributed by atoms with Crippen molar-refractivity contribution in [3.05, 3.63) is 75.3 Å². The molecular weight excluding hydrogens is 547 g/mol. The molecule has 11 heteroatoms. The van der Waals surface area contributed by atoms with Crippen LogP contribution >= 0.6 is 0 Å². The number of aromatic amines is 1. The van der Waals surface area contributed by atoms with Gasteiger partial charge in [0.1, 0.15) is 17.2 Å². The molecule has 41 heavy (non-hydrogen) atoms. The molecule has 0 spiro atoms. The number of rotatable bonds is 8. The van der Waals surface area contributed by atoms with Crippen molar-refractivity contribution in [2.75, 3.05) is 6.54 Å². The highest BCUT2D eigenvalue weighted by atomic mass is 28.4. The van der Waals surface area contributed by atoms with Crippen molar-refractivity contribution in [2.24, 2.45) is 0 Å². The van der Waals surface area contributed by atoms with E-state index in [4.69, 9.17) is 9.16 Å². The summed E-state index contributed by atoms with van der Waals surface area (Å²) in [6, 6.07) is 9.61. The third kappa shape index (κ3) is 7.73. The van der Waals surface area contributed by atoms with E-state index in [1.54, 1.807) is 32.9 Å². The zero-order valence-electron chi connectivity index (χ0n) is 24.8. The molecule has 0 bridgehead atoms. The predicted molar refractivity (Wildman–Crippen MR) is 157 cm³/mol. The average molecular weight is 587 g/mol. The number of carbonyl (C=O) groups excluding carboxylic acids is 1. The van der Waals surface area contributed by atoms with Gasteiger partial charge in [-0.1, -0.05) is 32.9 Å². The van der Waals surface area contributed by atoms with E-state index in [0.717, 1.165) is 6.07 Å². The third-order valence-corrected chi connectivity index (χ3v) is 11.7. The highest BCUT2D eigenvalue weighted by Crippen LogP contribution is 2.41. The van der Waals surface area contributed by atoms with E-state index in [0.29, 0.717) is 10.9 Å². The van der Waals surface area contributed by atoms with Crippen LogP contribution in [-0.4, -0.2) is 52.6 Å². The van der Waals surface area contributed by atoms with Crippen molar-refractivity contribution in [1.29, 1.82) is 0 Å². The van der Waals surface area contributed by atoms with Crippen molar-refractivity contribution >= 4 is 31.3 Å². The van der Waals surface area contributed by atoms with Crippen molar-refractivity contribution in [2.45, 2.75) is 77.9 Å². The fourth-order valence-corrected chi connectivity index (χ4v) is 5.28. The second kappa shape index (κ2) is 11.7. The molecular formula is C30H39FN2O7Si. The molecule has 1 atom stereocenters. The molecule has 0 aliphatic carbocycles. The van der Waals surface area contributed by atoms with Crippen LogP contribution in [0.4, 0.5) is 9.18 Å². The SMILES string of the molecule is CC(C)(C)OC(=O)N(Cc1ccc(C(=O)O)cc1F)CC(O[Si](C)(C)C(C)(C)C)c1ccc(O)c2[nH]c(=O)ccc12. The Hall–Kier alpha value is -3.70. The smallest absolute Gasteiger partial charge is 0.410 e. The van der Waals surface area contributed by atoms with Gasteiger partial charge in [-0.25, -0.2) is 14.0 Å². The van der Waals surface area contributed by atoms with Gasteiger partial charge < -0.3 is 29.3 Å². The zero-order chi connectivity index (χ0) is 30.9. The predicted octanol–water partition coefficient (Wildman–Crippen LogP) is 6.57. The van der Waals surface area contributed by atoms with Crippen LogP contribution in [0.5, 0.6) is 5.75 Å². The minimum atomic E-state index is -2.49. The number of aromatic nitrogens is 1. The van der Waals surface area contributed by atoms with Crippen LogP contribution in [0.15, 0.2) is 47.3 Å². The van der Waals surface area contributed by atoms with Crippen molar-refractivity contribution in [1.82, 2.24) is 9.88 Å². The number of ether oxygens (including phenoxy) is 1. The fraction of sp³-hybridized carbons (Fsp3) is 0.433. The van der Waals surface area contributed by atoms with Gasteiger partial charge in [0, 0.05) is 17.0 Å². The summed E-state index contributed by atoms with van der Waals surface area (Å²) in [5, 5.41) is 20.0. The number of hydrogen-bond acceptors (Lipinski definition) is 6. The summed E-state index contributed by atoms with van der Waals surface area (Å²) in [6.45, 7) is 15.2. The van der Waals surface area contributed by atoms with Gasteiger partial charge >= 0.3 is 12.1 Å². The molecule has 3 aromatic rings. The molecule has 222 valence electrons. The summed E-state index contributed by atoms with van der Waals surface area (Å²) >= 11 is 0. The molecule has 3 N–H and O–H groups in total. The van der Waals surface area contributed by atoms with E-state index >= 15 is 4.39 Å². The van der Waals surface area contributed by atoms with Crippen LogP contribution in [0.3, 0.4) is 0 Å². The first-order chi connectivity index (χ1) is 18.8. The minimum absolute atomic E-state index is 0.0550.